The second-order valence-electron chi connectivity index (χ2n) is 8.02. The summed E-state index contributed by atoms with van der Waals surface area (Å²) in [6.07, 6.45) is 0.826. The van der Waals surface area contributed by atoms with Gasteiger partial charge in [-0.15, -0.1) is 0 Å². The second-order valence-corrected chi connectivity index (χ2v) is 8.02. The lowest BCUT2D eigenvalue weighted by Gasteiger charge is -2.28. The van der Waals surface area contributed by atoms with Crippen LogP contribution in [0.2, 0.25) is 0 Å². The highest BCUT2D eigenvalue weighted by Crippen LogP contribution is 2.30. The van der Waals surface area contributed by atoms with Gasteiger partial charge in [0.05, 0.1) is 5.54 Å². The van der Waals surface area contributed by atoms with Crippen molar-refractivity contribution in [1.29, 1.82) is 0 Å². The van der Waals surface area contributed by atoms with Crippen LogP contribution in [-0.2, 0) is 11.2 Å². The molecule has 1 amide bonds. The van der Waals surface area contributed by atoms with Crippen LogP contribution in [0.25, 0.3) is 0 Å². The van der Waals surface area contributed by atoms with E-state index in [1.165, 1.54) is 0 Å². The van der Waals surface area contributed by atoms with Crippen LogP contribution < -0.4 is 20.1 Å². The van der Waals surface area contributed by atoms with Gasteiger partial charge in [-0.3, -0.25) is 4.79 Å². The zero-order valence-corrected chi connectivity index (χ0v) is 15.5. The first kappa shape index (κ1) is 18.6. The van der Waals surface area contributed by atoms with Crippen LogP contribution in [0.4, 0.5) is 0 Å². The normalized spacial score (nSPS) is 14.4. The molecule has 0 saturated heterocycles. The minimum atomic E-state index is -0.598. The Morgan fingerprint density at radius 3 is 2.42 bits per heavy atom. The highest BCUT2D eigenvalue weighted by Gasteiger charge is 2.27. The molecule has 0 saturated carbocycles. The molecule has 24 heavy (non-hydrogen) atoms. The topological polar surface area (TPSA) is 59.6 Å². The highest BCUT2D eigenvalue weighted by molar-refractivity contribution is 5.85. The van der Waals surface area contributed by atoms with Gasteiger partial charge in [-0.05, 0) is 43.4 Å². The zero-order valence-electron chi connectivity index (χ0n) is 15.5. The molecule has 1 aromatic rings. The molecule has 5 heteroatoms. The summed E-state index contributed by atoms with van der Waals surface area (Å²) in [5.41, 5.74) is 0.647. The van der Waals surface area contributed by atoms with Gasteiger partial charge in [0.2, 0.25) is 5.91 Å². The fourth-order valence-electron chi connectivity index (χ4n) is 2.41. The van der Waals surface area contributed by atoms with Gasteiger partial charge < -0.3 is 20.1 Å². The van der Waals surface area contributed by atoms with E-state index < -0.39 is 5.54 Å². The molecule has 0 radical (unpaired) electrons. The number of amides is 1. The second kappa shape index (κ2) is 7.43. The summed E-state index contributed by atoms with van der Waals surface area (Å²) in [6, 6.07) is 6.01. The Kier molecular flexibility index (Phi) is 5.75. The monoisotopic (exact) mass is 334 g/mol. The SMILES string of the molecule is CC(C)(C)CNC(=O)C(C)(C)NCCc1ccc2c(c1)OCCO2. The van der Waals surface area contributed by atoms with E-state index in [2.05, 4.69) is 31.4 Å². The average molecular weight is 334 g/mol. The number of carbonyl (C=O) groups excluding carboxylic acids is 1. The predicted molar refractivity (Wildman–Crippen MR) is 95.7 cm³/mol. The molecule has 2 N–H and O–H groups in total. The van der Waals surface area contributed by atoms with Crippen molar-refractivity contribution in [3.63, 3.8) is 0 Å². The van der Waals surface area contributed by atoms with Gasteiger partial charge in [-0.2, -0.15) is 0 Å². The summed E-state index contributed by atoms with van der Waals surface area (Å²) in [5.74, 6) is 1.64. The van der Waals surface area contributed by atoms with Gasteiger partial charge in [0.1, 0.15) is 13.2 Å². The lowest BCUT2D eigenvalue weighted by atomic mass is 9.96. The largest absolute Gasteiger partial charge is 0.486 e. The van der Waals surface area contributed by atoms with E-state index in [0.717, 1.165) is 30.0 Å². The first-order chi connectivity index (χ1) is 11.2. The van der Waals surface area contributed by atoms with E-state index in [0.29, 0.717) is 19.8 Å². The minimum absolute atomic E-state index is 0.0274. The molecule has 1 aliphatic heterocycles. The first-order valence-corrected chi connectivity index (χ1v) is 8.59. The third kappa shape index (κ3) is 5.41. The molecule has 1 aromatic carbocycles. The van der Waals surface area contributed by atoms with Crippen molar-refractivity contribution in [2.24, 2.45) is 5.41 Å². The molecule has 0 aromatic heterocycles. The predicted octanol–water partition coefficient (Wildman–Crippen LogP) is 2.53. The van der Waals surface area contributed by atoms with E-state index in [1.807, 2.05) is 32.0 Å². The van der Waals surface area contributed by atoms with Crippen molar-refractivity contribution in [2.75, 3.05) is 26.3 Å². The molecule has 0 aliphatic carbocycles. The Labute approximate surface area is 145 Å². The van der Waals surface area contributed by atoms with Crippen molar-refractivity contribution in [1.82, 2.24) is 10.6 Å². The maximum atomic E-state index is 12.3. The molecule has 1 aliphatic rings. The number of benzene rings is 1. The van der Waals surface area contributed by atoms with Crippen LogP contribution >= 0.6 is 0 Å². The Morgan fingerprint density at radius 2 is 1.75 bits per heavy atom. The Morgan fingerprint density at radius 1 is 1.08 bits per heavy atom. The number of fused-ring (bicyclic) bond motifs is 1. The average Bonchev–Trinajstić information content (AvgIpc) is 2.51. The van der Waals surface area contributed by atoms with Crippen molar-refractivity contribution in [3.8, 4) is 11.5 Å². The van der Waals surface area contributed by atoms with Crippen LogP contribution in [0.1, 0.15) is 40.2 Å². The van der Waals surface area contributed by atoms with Gasteiger partial charge >= 0.3 is 0 Å². The summed E-state index contributed by atoms with van der Waals surface area (Å²) in [4.78, 5) is 12.3. The lowest BCUT2D eigenvalue weighted by Crippen LogP contribution is -2.54. The van der Waals surface area contributed by atoms with E-state index in [1.54, 1.807) is 0 Å². The van der Waals surface area contributed by atoms with E-state index in [4.69, 9.17) is 9.47 Å². The maximum absolute atomic E-state index is 12.3. The minimum Gasteiger partial charge on any atom is -0.486 e. The maximum Gasteiger partial charge on any atom is 0.239 e. The Hall–Kier alpha value is -1.75. The molecule has 0 spiro atoms. The van der Waals surface area contributed by atoms with Crippen LogP contribution in [0, 0.1) is 5.41 Å². The number of nitrogens with one attached hydrogen (secondary N) is 2. The summed E-state index contributed by atoms with van der Waals surface area (Å²) in [5, 5.41) is 6.35. The van der Waals surface area contributed by atoms with Crippen molar-refractivity contribution in [2.45, 2.75) is 46.6 Å². The van der Waals surface area contributed by atoms with Crippen molar-refractivity contribution in [3.05, 3.63) is 23.8 Å². The fraction of sp³-hybridized carbons (Fsp3) is 0.632. The van der Waals surface area contributed by atoms with Crippen LogP contribution in [0.15, 0.2) is 18.2 Å². The van der Waals surface area contributed by atoms with E-state index in [-0.39, 0.29) is 11.3 Å². The summed E-state index contributed by atoms with van der Waals surface area (Å²) < 4.78 is 11.1. The molecule has 0 unspecified atom stereocenters. The van der Waals surface area contributed by atoms with Gasteiger partial charge in [0, 0.05) is 13.1 Å². The van der Waals surface area contributed by atoms with Gasteiger partial charge in [0.15, 0.2) is 11.5 Å². The smallest absolute Gasteiger partial charge is 0.239 e. The summed E-state index contributed by atoms with van der Waals surface area (Å²) in [6.45, 7) is 12.7. The first-order valence-electron chi connectivity index (χ1n) is 8.59. The Balaban J connectivity index is 1.83. The third-order valence-corrected chi connectivity index (χ3v) is 3.93. The lowest BCUT2D eigenvalue weighted by molar-refractivity contribution is -0.126. The van der Waals surface area contributed by atoms with E-state index in [9.17, 15) is 4.79 Å². The van der Waals surface area contributed by atoms with Crippen molar-refractivity contribution < 1.29 is 14.3 Å². The Bertz CT molecular complexity index is 576. The number of carbonyl (C=O) groups is 1. The van der Waals surface area contributed by atoms with Crippen LogP contribution in [0.3, 0.4) is 0 Å². The van der Waals surface area contributed by atoms with Gasteiger partial charge in [0.25, 0.3) is 0 Å². The zero-order chi connectivity index (χ0) is 17.8. The molecular weight excluding hydrogens is 304 g/mol. The van der Waals surface area contributed by atoms with Gasteiger partial charge in [-0.1, -0.05) is 26.8 Å². The van der Waals surface area contributed by atoms with E-state index >= 15 is 0 Å². The van der Waals surface area contributed by atoms with Crippen LogP contribution in [-0.4, -0.2) is 37.7 Å². The summed E-state index contributed by atoms with van der Waals surface area (Å²) >= 11 is 0. The van der Waals surface area contributed by atoms with Crippen molar-refractivity contribution >= 4 is 5.91 Å². The molecule has 5 nitrogen and oxygen atoms in total. The molecular formula is C19H30N2O3. The molecule has 134 valence electrons. The quantitative estimate of drug-likeness (QED) is 0.839. The van der Waals surface area contributed by atoms with Gasteiger partial charge in [-0.25, -0.2) is 0 Å². The number of ether oxygens (including phenoxy) is 2. The molecule has 0 fully saturated rings. The number of rotatable bonds is 6. The molecule has 2 rings (SSSR count). The molecule has 0 atom stereocenters. The number of hydrogen-bond acceptors (Lipinski definition) is 4. The van der Waals surface area contributed by atoms with Crippen LogP contribution in [0.5, 0.6) is 11.5 Å². The number of hydrogen-bond donors (Lipinski definition) is 2. The summed E-state index contributed by atoms with van der Waals surface area (Å²) in [7, 11) is 0. The molecule has 0 bridgehead atoms. The highest BCUT2D eigenvalue weighted by atomic mass is 16.6. The standard InChI is InChI=1S/C19H30N2O3/c1-18(2,3)13-20-17(22)19(4,5)21-9-8-14-6-7-15-16(12-14)24-11-10-23-15/h6-7,12,21H,8-11,13H2,1-5H3,(H,20,22). The molecule has 1 heterocycles. The fourth-order valence-corrected chi connectivity index (χ4v) is 2.41. The third-order valence-electron chi connectivity index (χ3n) is 3.93.